The van der Waals surface area contributed by atoms with Gasteiger partial charge in [0.05, 0.1) is 9.82 Å². The van der Waals surface area contributed by atoms with E-state index in [1.165, 1.54) is 0 Å². The summed E-state index contributed by atoms with van der Waals surface area (Å²) in [6, 6.07) is 2.54. The molecule has 1 saturated carbocycles. The standard InChI is InChI=1S/C11H13FN2O4S/c1-7-4-8(7)6-13-19(17,18)9-2-3-11(14(15)16)10(12)5-9/h2-3,5,7-8,13H,4,6H2,1H3. The minimum Gasteiger partial charge on any atom is -0.258 e. The first-order chi connectivity index (χ1) is 8.81. The molecule has 2 atom stereocenters. The van der Waals surface area contributed by atoms with E-state index in [2.05, 4.69) is 4.72 Å². The number of nitro groups is 1. The van der Waals surface area contributed by atoms with E-state index in [9.17, 15) is 22.9 Å². The van der Waals surface area contributed by atoms with Crippen LogP contribution in [0.25, 0.3) is 0 Å². The minimum atomic E-state index is -3.82. The van der Waals surface area contributed by atoms with Crippen molar-refractivity contribution in [3.8, 4) is 0 Å². The predicted molar refractivity (Wildman–Crippen MR) is 65.5 cm³/mol. The summed E-state index contributed by atoms with van der Waals surface area (Å²) in [4.78, 5) is 9.24. The Balaban J connectivity index is 2.16. The Hall–Kier alpha value is -1.54. The molecule has 0 spiro atoms. The zero-order chi connectivity index (χ0) is 14.2. The molecule has 0 radical (unpaired) electrons. The highest BCUT2D eigenvalue weighted by atomic mass is 32.2. The number of sulfonamides is 1. The quantitative estimate of drug-likeness (QED) is 0.659. The van der Waals surface area contributed by atoms with Crippen molar-refractivity contribution in [2.24, 2.45) is 11.8 Å². The molecule has 1 aromatic carbocycles. The van der Waals surface area contributed by atoms with Crippen LogP contribution in [0.15, 0.2) is 23.1 Å². The first kappa shape index (κ1) is 13.9. The lowest BCUT2D eigenvalue weighted by Crippen LogP contribution is -2.26. The molecule has 0 saturated heterocycles. The third kappa shape index (κ3) is 3.07. The number of nitrogens with zero attached hydrogens (tertiary/aromatic N) is 1. The molecule has 8 heteroatoms. The van der Waals surface area contributed by atoms with Gasteiger partial charge in [-0.25, -0.2) is 13.1 Å². The maximum absolute atomic E-state index is 13.4. The molecule has 0 bridgehead atoms. The summed E-state index contributed by atoms with van der Waals surface area (Å²) < 4.78 is 39.5. The highest BCUT2D eigenvalue weighted by Crippen LogP contribution is 2.37. The summed E-state index contributed by atoms with van der Waals surface area (Å²) in [5.41, 5.74) is -0.741. The fourth-order valence-corrected chi connectivity index (χ4v) is 2.89. The molecule has 0 aromatic heterocycles. The average molecular weight is 288 g/mol. The van der Waals surface area contributed by atoms with E-state index >= 15 is 0 Å². The van der Waals surface area contributed by atoms with Gasteiger partial charge < -0.3 is 0 Å². The van der Waals surface area contributed by atoms with Crippen LogP contribution >= 0.6 is 0 Å². The zero-order valence-corrected chi connectivity index (χ0v) is 11.0. The number of halogens is 1. The molecule has 1 N–H and O–H groups in total. The van der Waals surface area contributed by atoms with Crippen molar-refractivity contribution in [3.63, 3.8) is 0 Å². The monoisotopic (exact) mass is 288 g/mol. The van der Waals surface area contributed by atoms with Crippen LogP contribution < -0.4 is 4.72 Å². The Morgan fingerprint density at radius 2 is 2.16 bits per heavy atom. The molecule has 0 amide bonds. The van der Waals surface area contributed by atoms with Gasteiger partial charge in [0.25, 0.3) is 0 Å². The second-order valence-electron chi connectivity index (χ2n) is 4.70. The number of rotatable bonds is 5. The van der Waals surface area contributed by atoms with Crippen LogP contribution in [0.4, 0.5) is 10.1 Å². The molecule has 104 valence electrons. The Morgan fingerprint density at radius 1 is 1.53 bits per heavy atom. The van der Waals surface area contributed by atoms with Gasteiger partial charge in [0.2, 0.25) is 15.8 Å². The molecule has 1 aliphatic rings. The topological polar surface area (TPSA) is 89.3 Å². The lowest BCUT2D eigenvalue weighted by molar-refractivity contribution is -0.387. The molecule has 2 rings (SSSR count). The van der Waals surface area contributed by atoms with Gasteiger partial charge in [0.1, 0.15) is 0 Å². The van der Waals surface area contributed by atoms with E-state index in [1.54, 1.807) is 0 Å². The Bertz CT molecular complexity index is 617. The molecule has 1 fully saturated rings. The third-order valence-corrected chi connectivity index (χ3v) is 4.66. The smallest absolute Gasteiger partial charge is 0.258 e. The van der Waals surface area contributed by atoms with Crippen molar-refractivity contribution < 1.29 is 17.7 Å². The number of hydrogen-bond donors (Lipinski definition) is 1. The van der Waals surface area contributed by atoms with Crippen LogP contribution in [0, 0.1) is 27.8 Å². The number of hydrogen-bond acceptors (Lipinski definition) is 4. The van der Waals surface area contributed by atoms with Gasteiger partial charge in [-0.15, -0.1) is 0 Å². The van der Waals surface area contributed by atoms with E-state index < -0.39 is 26.5 Å². The van der Waals surface area contributed by atoms with Gasteiger partial charge in [0, 0.05) is 18.7 Å². The normalized spacial score (nSPS) is 22.2. The van der Waals surface area contributed by atoms with E-state index in [0.29, 0.717) is 24.4 Å². The molecule has 1 aliphatic carbocycles. The van der Waals surface area contributed by atoms with Crippen molar-refractivity contribution in [1.82, 2.24) is 4.72 Å². The summed E-state index contributed by atoms with van der Waals surface area (Å²) in [6.45, 7) is 2.33. The summed E-state index contributed by atoms with van der Waals surface area (Å²) in [7, 11) is -3.82. The summed E-state index contributed by atoms with van der Waals surface area (Å²) in [5.74, 6) is -0.346. The fraction of sp³-hybridized carbons (Fsp3) is 0.455. The summed E-state index contributed by atoms with van der Waals surface area (Å²) in [6.07, 6.45) is 0.969. The molecule has 6 nitrogen and oxygen atoms in total. The van der Waals surface area contributed by atoms with E-state index in [0.717, 1.165) is 18.6 Å². The average Bonchev–Trinajstić information content (AvgIpc) is 3.02. The fourth-order valence-electron chi connectivity index (χ4n) is 1.79. The van der Waals surface area contributed by atoms with Crippen LogP contribution in [0.3, 0.4) is 0 Å². The zero-order valence-electron chi connectivity index (χ0n) is 10.2. The van der Waals surface area contributed by atoms with Crippen LogP contribution in [-0.2, 0) is 10.0 Å². The van der Waals surface area contributed by atoms with E-state index in [1.807, 2.05) is 6.92 Å². The van der Waals surface area contributed by atoms with Crippen LogP contribution in [-0.4, -0.2) is 19.9 Å². The first-order valence-electron chi connectivity index (χ1n) is 5.75. The van der Waals surface area contributed by atoms with Crippen molar-refractivity contribution in [2.75, 3.05) is 6.54 Å². The predicted octanol–water partition coefficient (Wildman–Crippen LogP) is 1.67. The van der Waals surface area contributed by atoms with Gasteiger partial charge in [-0.1, -0.05) is 6.92 Å². The second kappa shape index (κ2) is 4.86. The maximum atomic E-state index is 13.4. The molecule has 0 heterocycles. The van der Waals surface area contributed by atoms with Gasteiger partial charge in [-0.3, -0.25) is 10.1 Å². The summed E-state index contributed by atoms with van der Waals surface area (Å²) in [5, 5.41) is 10.4. The molecule has 0 aliphatic heterocycles. The molecule has 19 heavy (non-hydrogen) atoms. The van der Waals surface area contributed by atoms with Gasteiger partial charge in [0.15, 0.2) is 0 Å². The highest BCUT2D eigenvalue weighted by molar-refractivity contribution is 7.89. The third-order valence-electron chi connectivity index (χ3n) is 3.24. The first-order valence-corrected chi connectivity index (χ1v) is 7.23. The van der Waals surface area contributed by atoms with Crippen LogP contribution in [0.1, 0.15) is 13.3 Å². The molecule has 2 unspecified atom stereocenters. The number of benzene rings is 1. The number of nitro benzene ring substituents is 1. The van der Waals surface area contributed by atoms with Crippen LogP contribution in [0.5, 0.6) is 0 Å². The Morgan fingerprint density at radius 3 is 2.63 bits per heavy atom. The maximum Gasteiger partial charge on any atom is 0.304 e. The van der Waals surface area contributed by atoms with Crippen molar-refractivity contribution >= 4 is 15.7 Å². The van der Waals surface area contributed by atoms with Crippen LogP contribution in [0.2, 0.25) is 0 Å². The second-order valence-corrected chi connectivity index (χ2v) is 6.46. The largest absolute Gasteiger partial charge is 0.304 e. The van der Waals surface area contributed by atoms with Crippen molar-refractivity contribution in [2.45, 2.75) is 18.2 Å². The highest BCUT2D eigenvalue weighted by Gasteiger charge is 2.33. The van der Waals surface area contributed by atoms with E-state index in [4.69, 9.17) is 0 Å². The number of nitrogens with one attached hydrogen (secondary N) is 1. The van der Waals surface area contributed by atoms with Gasteiger partial charge in [-0.2, -0.15) is 4.39 Å². The van der Waals surface area contributed by atoms with Crippen molar-refractivity contribution in [1.29, 1.82) is 0 Å². The SMILES string of the molecule is CC1CC1CNS(=O)(=O)c1ccc([N+](=O)[O-])c(F)c1. The Labute approximate surface area is 109 Å². The lowest BCUT2D eigenvalue weighted by atomic mass is 10.3. The minimum absolute atomic E-state index is 0.302. The molecular formula is C11H13FN2O4S. The van der Waals surface area contributed by atoms with Crippen molar-refractivity contribution in [3.05, 3.63) is 34.1 Å². The molecule has 1 aromatic rings. The summed E-state index contributed by atoms with van der Waals surface area (Å²) >= 11 is 0. The Kier molecular flexibility index (Phi) is 3.55. The van der Waals surface area contributed by atoms with E-state index in [-0.39, 0.29) is 4.90 Å². The molecular weight excluding hydrogens is 275 g/mol. The van der Waals surface area contributed by atoms with Gasteiger partial charge >= 0.3 is 5.69 Å². The lowest BCUT2D eigenvalue weighted by Gasteiger charge is -2.06. The van der Waals surface area contributed by atoms with Gasteiger partial charge in [-0.05, 0) is 24.3 Å².